The highest BCUT2D eigenvalue weighted by atomic mass is 16.5. The zero-order valence-corrected chi connectivity index (χ0v) is 10.1. The summed E-state index contributed by atoms with van der Waals surface area (Å²) >= 11 is 0. The summed E-state index contributed by atoms with van der Waals surface area (Å²) < 4.78 is 5.17. The van der Waals surface area contributed by atoms with Crippen LogP contribution in [-0.4, -0.2) is 13.4 Å². The van der Waals surface area contributed by atoms with Crippen molar-refractivity contribution in [2.24, 2.45) is 0 Å². The summed E-state index contributed by atoms with van der Waals surface area (Å²) in [5, 5.41) is 0. The molecule has 0 heterocycles. The summed E-state index contributed by atoms with van der Waals surface area (Å²) in [6.07, 6.45) is 4.67. The fraction of sp³-hybridized carbons (Fsp3) is 0.357. The smallest absolute Gasteiger partial charge is 0.146 e. The lowest BCUT2D eigenvalue weighted by Gasteiger charge is -2.05. The molecule has 0 amide bonds. The van der Waals surface area contributed by atoms with Crippen molar-refractivity contribution in [1.29, 1.82) is 0 Å². The highest BCUT2D eigenvalue weighted by Gasteiger charge is 2.00. The molecule has 86 valence electrons. The number of methoxy groups -OCH3 is 1. The molecule has 0 spiro atoms. The van der Waals surface area contributed by atoms with E-state index >= 15 is 0 Å². The van der Waals surface area contributed by atoms with Gasteiger partial charge in [-0.25, -0.2) is 0 Å². The highest BCUT2D eigenvalue weighted by molar-refractivity contribution is 5.82. The van der Waals surface area contributed by atoms with Gasteiger partial charge in [0, 0.05) is 0 Å². The number of hydrogen-bond donors (Lipinski definition) is 0. The molecule has 16 heavy (non-hydrogen) atoms. The van der Waals surface area contributed by atoms with Crippen molar-refractivity contribution in [2.45, 2.75) is 26.7 Å². The molecule has 0 unspecified atom stereocenters. The zero-order valence-electron chi connectivity index (χ0n) is 10.1. The van der Waals surface area contributed by atoms with Gasteiger partial charge in [0.2, 0.25) is 0 Å². The van der Waals surface area contributed by atoms with Gasteiger partial charge < -0.3 is 4.74 Å². The minimum Gasteiger partial charge on any atom is -0.497 e. The third kappa shape index (κ3) is 3.23. The Morgan fingerprint density at radius 1 is 1.44 bits per heavy atom. The van der Waals surface area contributed by atoms with Gasteiger partial charge in [0.25, 0.3) is 0 Å². The van der Waals surface area contributed by atoms with E-state index in [0.29, 0.717) is 0 Å². The van der Waals surface area contributed by atoms with Crippen molar-refractivity contribution in [3.8, 4) is 5.75 Å². The van der Waals surface area contributed by atoms with E-state index in [1.54, 1.807) is 7.11 Å². The molecular formula is C14H18O2. The fourth-order valence-electron chi connectivity index (χ4n) is 1.55. The Morgan fingerprint density at radius 3 is 2.75 bits per heavy atom. The molecule has 0 aliphatic rings. The van der Waals surface area contributed by atoms with Crippen LogP contribution in [0.1, 0.15) is 30.9 Å². The monoisotopic (exact) mass is 218 g/mol. The molecule has 1 rings (SSSR count). The van der Waals surface area contributed by atoms with Crippen LogP contribution >= 0.6 is 0 Å². The van der Waals surface area contributed by atoms with E-state index in [1.165, 1.54) is 0 Å². The largest absolute Gasteiger partial charge is 0.497 e. The topological polar surface area (TPSA) is 26.3 Å². The Hall–Kier alpha value is -1.57. The maximum absolute atomic E-state index is 10.9. The van der Waals surface area contributed by atoms with Crippen molar-refractivity contribution >= 4 is 12.4 Å². The molecule has 2 heteroatoms. The SMILES string of the molecule is CCC/C(C=O)=C\c1cc(OC)ccc1C. The second-order valence-electron chi connectivity index (χ2n) is 3.81. The molecule has 0 saturated heterocycles. The van der Waals surface area contributed by atoms with Crippen LogP contribution in [0.25, 0.3) is 6.08 Å². The number of ether oxygens (including phenoxy) is 1. The zero-order chi connectivity index (χ0) is 12.0. The Labute approximate surface area is 96.9 Å². The molecule has 1 aromatic rings. The number of benzene rings is 1. The van der Waals surface area contributed by atoms with Gasteiger partial charge in [0.15, 0.2) is 0 Å². The first-order chi connectivity index (χ1) is 7.71. The van der Waals surface area contributed by atoms with Crippen LogP contribution in [0.5, 0.6) is 5.75 Å². The lowest BCUT2D eigenvalue weighted by atomic mass is 10.0. The maximum atomic E-state index is 10.9. The maximum Gasteiger partial charge on any atom is 0.146 e. The van der Waals surface area contributed by atoms with E-state index in [4.69, 9.17) is 4.74 Å². The molecule has 0 radical (unpaired) electrons. The van der Waals surface area contributed by atoms with Crippen molar-refractivity contribution in [2.75, 3.05) is 7.11 Å². The van der Waals surface area contributed by atoms with Crippen molar-refractivity contribution in [1.82, 2.24) is 0 Å². The van der Waals surface area contributed by atoms with E-state index in [1.807, 2.05) is 31.2 Å². The van der Waals surface area contributed by atoms with Crippen LogP contribution < -0.4 is 4.74 Å². The van der Waals surface area contributed by atoms with E-state index < -0.39 is 0 Å². The predicted molar refractivity (Wildman–Crippen MR) is 66.7 cm³/mol. The Bertz CT molecular complexity index is 392. The lowest BCUT2D eigenvalue weighted by Crippen LogP contribution is -1.89. The summed E-state index contributed by atoms with van der Waals surface area (Å²) in [6.45, 7) is 4.09. The van der Waals surface area contributed by atoms with Crippen LogP contribution in [0.15, 0.2) is 23.8 Å². The molecule has 0 aliphatic carbocycles. The van der Waals surface area contributed by atoms with Gasteiger partial charge in [-0.3, -0.25) is 4.79 Å². The number of carbonyl (C=O) groups is 1. The molecule has 1 aromatic carbocycles. The molecular weight excluding hydrogens is 200 g/mol. The summed E-state index contributed by atoms with van der Waals surface area (Å²) in [7, 11) is 1.64. The summed E-state index contributed by atoms with van der Waals surface area (Å²) in [4.78, 5) is 10.9. The molecule has 0 aliphatic heterocycles. The van der Waals surface area contributed by atoms with Crippen molar-refractivity contribution in [3.63, 3.8) is 0 Å². The summed E-state index contributed by atoms with van der Waals surface area (Å²) in [6, 6.07) is 5.88. The van der Waals surface area contributed by atoms with Gasteiger partial charge in [0.1, 0.15) is 12.0 Å². The summed E-state index contributed by atoms with van der Waals surface area (Å²) in [5.41, 5.74) is 3.03. The minimum atomic E-state index is 0.818. The van der Waals surface area contributed by atoms with Crippen LogP contribution in [-0.2, 0) is 4.79 Å². The van der Waals surface area contributed by atoms with Gasteiger partial charge in [-0.15, -0.1) is 0 Å². The second kappa shape index (κ2) is 6.11. The average Bonchev–Trinajstić information content (AvgIpc) is 2.31. The third-order valence-corrected chi connectivity index (χ3v) is 2.52. The molecule has 0 N–H and O–H groups in total. The van der Waals surface area contributed by atoms with Gasteiger partial charge in [0.05, 0.1) is 7.11 Å². The number of aryl methyl sites for hydroxylation is 1. The molecule has 0 saturated carbocycles. The Balaban J connectivity index is 3.06. The first kappa shape index (κ1) is 12.5. The molecule has 2 nitrogen and oxygen atoms in total. The van der Waals surface area contributed by atoms with Crippen LogP contribution in [0.2, 0.25) is 0 Å². The van der Waals surface area contributed by atoms with E-state index in [0.717, 1.165) is 41.6 Å². The van der Waals surface area contributed by atoms with Gasteiger partial charge in [-0.1, -0.05) is 19.4 Å². The van der Waals surface area contributed by atoms with E-state index in [2.05, 4.69) is 6.92 Å². The van der Waals surface area contributed by atoms with Gasteiger partial charge >= 0.3 is 0 Å². The lowest BCUT2D eigenvalue weighted by molar-refractivity contribution is -0.105. The van der Waals surface area contributed by atoms with E-state index in [-0.39, 0.29) is 0 Å². The molecule has 0 bridgehead atoms. The number of aldehydes is 1. The van der Waals surface area contributed by atoms with E-state index in [9.17, 15) is 4.79 Å². The van der Waals surface area contributed by atoms with Crippen molar-refractivity contribution in [3.05, 3.63) is 34.9 Å². The first-order valence-electron chi connectivity index (χ1n) is 5.51. The van der Waals surface area contributed by atoms with Crippen LogP contribution in [0.4, 0.5) is 0 Å². The fourth-order valence-corrected chi connectivity index (χ4v) is 1.55. The minimum absolute atomic E-state index is 0.818. The highest BCUT2D eigenvalue weighted by Crippen LogP contribution is 2.20. The van der Waals surface area contributed by atoms with Crippen LogP contribution in [0.3, 0.4) is 0 Å². The second-order valence-corrected chi connectivity index (χ2v) is 3.81. The molecule has 0 aromatic heterocycles. The van der Waals surface area contributed by atoms with Gasteiger partial charge in [-0.2, -0.15) is 0 Å². The number of carbonyl (C=O) groups excluding carboxylic acids is 1. The van der Waals surface area contributed by atoms with Crippen LogP contribution in [0, 0.1) is 6.92 Å². The normalized spacial score (nSPS) is 11.3. The third-order valence-electron chi connectivity index (χ3n) is 2.52. The predicted octanol–water partition coefficient (Wildman–Crippen LogP) is 3.39. The number of hydrogen-bond acceptors (Lipinski definition) is 2. The molecule has 0 atom stereocenters. The first-order valence-corrected chi connectivity index (χ1v) is 5.51. The average molecular weight is 218 g/mol. The Kier molecular flexibility index (Phi) is 4.77. The standard InChI is InChI=1S/C14H18O2/c1-4-5-12(10-15)8-13-9-14(16-3)7-6-11(13)2/h6-10H,4-5H2,1-3H3/b12-8+. The summed E-state index contributed by atoms with van der Waals surface area (Å²) in [5.74, 6) is 0.818. The molecule has 0 fully saturated rings. The van der Waals surface area contributed by atoms with Gasteiger partial charge in [-0.05, 0) is 48.3 Å². The number of rotatable bonds is 5. The Morgan fingerprint density at radius 2 is 2.19 bits per heavy atom. The quantitative estimate of drug-likeness (QED) is 0.559. The number of allylic oxidation sites excluding steroid dienone is 1. The van der Waals surface area contributed by atoms with Crippen molar-refractivity contribution < 1.29 is 9.53 Å².